The molecule has 16 nitrogen and oxygen atoms in total. The molecule has 58 heavy (non-hydrogen) atoms. The fraction of sp³-hybridized carbons (Fsp3) is 0.350. The van der Waals surface area contributed by atoms with Crippen LogP contribution in [0, 0.1) is 18.6 Å². The second-order valence-corrected chi connectivity index (χ2v) is 15.5. The van der Waals surface area contributed by atoms with E-state index in [0.717, 1.165) is 35.2 Å². The summed E-state index contributed by atoms with van der Waals surface area (Å²) >= 11 is 0. The highest BCUT2D eigenvalue weighted by molar-refractivity contribution is 5.94. The van der Waals surface area contributed by atoms with Crippen molar-refractivity contribution in [3.05, 3.63) is 90.5 Å². The molecule has 4 aliphatic rings. The molecule has 1 aromatic carbocycles. The first kappa shape index (κ1) is 34.7. The van der Waals surface area contributed by atoms with Crippen LogP contribution in [0.15, 0.2) is 67.3 Å². The molecule has 1 N–H and O–H groups in total. The molecule has 2 saturated heterocycles. The van der Waals surface area contributed by atoms with Crippen molar-refractivity contribution >= 4 is 45.6 Å². The number of anilines is 3. The van der Waals surface area contributed by atoms with Gasteiger partial charge in [-0.1, -0.05) is 6.07 Å². The van der Waals surface area contributed by atoms with E-state index < -0.39 is 17.7 Å². The van der Waals surface area contributed by atoms with Gasteiger partial charge in [0.05, 0.1) is 53.0 Å². The lowest BCUT2D eigenvalue weighted by Gasteiger charge is -2.52. The van der Waals surface area contributed by atoms with E-state index in [9.17, 15) is 9.18 Å². The van der Waals surface area contributed by atoms with Gasteiger partial charge in [0.1, 0.15) is 46.5 Å². The van der Waals surface area contributed by atoms with Crippen LogP contribution in [0.1, 0.15) is 30.5 Å². The van der Waals surface area contributed by atoms with Crippen molar-refractivity contribution in [2.24, 2.45) is 0 Å². The number of nitrogens with one attached hydrogen (secondary N) is 1. The molecule has 294 valence electrons. The van der Waals surface area contributed by atoms with Gasteiger partial charge in [0.2, 0.25) is 11.9 Å². The molecule has 18 heteroatoms. The van der Waals surface area contributed by atoms with Gasteiger partial charge in [-0.15, -0.1) is 0 Å². The highest BCUT2D eigenvalue weighted by Crippen LogP contribution is 2.46. The van der Waals surface area contributed by atoms with Crippen molar-refractivity contribution in [2.45, 2.75) is 63.1 Å². The first-order chi connectivity index (χ1) is 28.2. The Morgan fingerprint density at radius 1 is 0.931 bits per heavy atom. The molecule has 10 heterocycles. The Morgan fingerprint density at radius 3 is 2.69 bits per heavy atom. The standard InChI is InChI=1S/C40H38F2N14O2/c1-21-46-29-9-10-43-34-28-5-4-6-33(48-28)47-23-14-32(39(57)51(2)19-25(58-3)20-53(21)35(29)34)54(17-23)36-26-16-45-56(30-8-7-22(41)13-27(30)42)37(26)50-40(49-36)55-24-15-31(55)38-44-11-12-52(38)18-24/h4-13,16,23-25,31-32H,14-15,17-20H2,1-3H3,(H,47,48)/t23-,24+,25-,31?,32-/m0/s1. The molecule has 2 fully saturated rings. The van der Waals surface area contributed by atoms with Gasteiger partial charge in [0, 0.05) is 64.5 Å². The molecule has 0 radical (unpaired) electrons. The number of amides is 1. The first-order valence-electron chi connectivity index (χ1n) is 19.3. The Morgan fingerprint density at radius 2 is 1.83 bits per heavy atom. The van der Waals surface area contributed by atoms with Crippen molar-refractivity contribution in [1.29, 1.82) is 0 Å². The predicted molar refractivity (Wildman–Crippen MR) is 210 cm³/mol. The number of benzene rings is 1. The number of hydrogen-bond acceptors (Lipinski definition) is 12. The third-order valence-corrected chi connectivity index (χ3v) is 12.1. The molecule has 1 unspecified atom stereocenters. The summed E-state index contributed by atoms with van der Waals surface area (Å²) in [6.45, 7) is 3.77. The minimum Gasteiger partial charge on any atom is -0.378 e. The van der Waals surface area contributed by atoms with Crippen LogP contribution in [0.3, 0.4) is 0 Å². The molecular formula is C40H38F2N14O2. The van der Waals surface area contributed by atoms with E-state index in [1.165, 1.54) is 16.8 Å². The Hall–Kier alpha value is -6.56. The molecule has 5 atom stereocenters. The van der Waals surface area contributed by atoms with E-state index in [-0.39, 0.29) is 35.8 Å². The lowest BCUT2D eigenvalue weighted by molar-refractivity contribution is -0.132. The number of carbonyl (C=O) groups is 1. The van der Waals surface area contributed by atoms with Crippen LogP contribution in [0.4, 0.5) is 26.4 Å². The number of pyridine rings is 2. The summed E-state index contributed by atoms with van der Waals surface area (Å²) in [7, 11) is 3.44. The zero-order valence-electron chi connectivity index (χ0n) is 31.9. The molecule has 6 aromatic heterocycles. The Bertz CT molecular complexity index is 2780. The number of carbonyl (C=O) groups excluding carboxylic acids is 1. The third-order valence-electron chi connectivity index (χ3n) is 12.1. The summed E-state index contributed by atoms with van der Waals surface area (Å²) in [5, 5.41) is 8.73. The number of aryl methyl sites for hydroxylation is 1. The number of methoxy groups -OCH3 is 1. The SMILES string of the molecule is CO[C@H]1CN(C)C(=O)[C@@H]2C[C@@H](CN2c2nc(N3C4C[C@@H]3Cn3ccnc34)nc3c2cnn3-c2ccc(F)cc2F)Nc2cccc(n2)-c2nccc3nc(C)n(c23)C1. The zero-order chi connectivity index (χ0) is 39.4. The Labute approximate surface area is 330 Å². The van der Waals surface area contributed by atoms with Crippen LogP contribution in [0.2, 0.25) is 0 Å². The summed E-state index contributed by atoms with van der Waals surface area (Å²) in [6, 6.07) is 10.2. The number of halogens is 2. The second kappa shape index (κ2) is 13.0. The van der Waals surface area contributed by atoms with E-state index in [4.69, 9.17) is 29.7 Å². The quantitative estimate of drug-likeness (QED) is 0.271. The van der Waals surface area contributed by atoms with Crippen LogP contribution >= 0.6 is 0 Å². The zero-order valence-corrected chi connectivity index (χ0v) is 31.9. The minimum absolute atomic E-state index is 0.0409. The van der Waals surface area contributed by atoms with Gasteiger partial charge in [0.25, 0.3) is 0 Å². The van der Waals surface area contributed by atoms with E-state index in [1.54, 1.807) is 37.6 Å². The maximum atomic E-state index is 15.4. The van der Waals surface area contributed by atoms with E-state index >= 15 is 4.39 Å². The Kier molecular flexibility index (Phi) is 7.76. The number of fused-ring (bicyclic) bond motifs is 10. The average molecular weight is 785 g/mol. The molecular weight excluding hydrogens is 747 g/mol. The van der Waals surface area contributed by atoms with Gasteiger partial charge < -0.3 is 33.9 Å². The lowest BCUT2D eigenvalue weighted by atomic mass is 9.89. The van der Waals surface area contributed by atoms with Crippen LogP contribution < -0.4 is 15.1 Å². The molecule has 0 saturated carbocycles. The van der Waals surface area contributed by atoms with Gasteiger partial charge in [-0.05, 0) is 50.1 Å². The van der Waals surface area contributed by atoms with Crippen LogP contribution in [0.25, 0.3) is 39.1 Å². The first-order valence-corrected chi connectivity index (χ1v) is 19.3. The molecule has 11 rings (SSSR count). The Balaban J connectivity index is 1.05. The van der Waals surface area contributed by atoms with Gasteiger partial charge in [0.15, 0.2) is 11.5 Å². The number of imidazole rings is 2. The third kappa shape index (κ3) is 5.34. The van der Waals surface area contributed by atoms with Crippen LogP contribution in [-0.4, -0.2) is 111 Å². The number of hydrogen-bond donors (Lipinski definition) is 1. The molecule has 0 aliphatic carbocycles. The van der Waals surface area contributed by atoms with E-state index in [2.05, 4.69) is 29.4 Å². The van der Waals surface area contributed by atoms with Crippen molar-refractivity contribution in [2.75, 3.05) is 42.4 Å². The van der Waals surface area contributed by atoms with Crippen molar-refractivity contribution in [3.8, 4) is 17.1 Å². The minimum atomic E-state index is -0.783. The van der Waals surface area contributed by atoms with Crippen molar-refractivity contribution in [1.82, 2.24) is 53.7 Å². The normalized spacial score (nSPS) is 22.8. The van der Waals surface area contributed by atoms with Gasteiger partial charge in [-0.25, -0.2) is 28.4 Å². The number of likely N-dealkylation sites (N-methyl/N-ethyl adjacent to an activating group) is 1. The number of aromatic nitrogens is 10. The summed E-state index contributed by atoms with van der Waals surface area (Å²) in [4.78, 5) is 50.3. The summed E-state index contributed by atoms with van der Waals surface area (Å²) in [6.07, 6.45) is 8.04. The number of ether oxygens (including phenoxy) is 1. The smallest absolute Gasteiger partial charge is 0.245 e. The average Bonchev–Trinajstić information content (AvgIpc) is 4.02. The topological polar surface area (TPSA) is 153 Å². The van der Waals surface area contributed by atoms with Gasteiger partial charge in [-0.3, -0.25) is 9.78 Å². The highest BCUT2D eigenvalue weighted by Gasteiger charge is 2.48. The van der Waals surface area contributed by atoms with Crippen molar-refractivity contribution in [3.63, 3.8) is 0 Å². The molecule has 0 spiro atoms. The van der Waals surface area contributed by atoms with E-state index in [0.29, 0.717) is 72.6 Å². The maximum Gasteiger partial charge on any atom is 0.245 e. The van der Waals surface area contributed by atoms with Crippen LogP contribution in [-0.2, 0) is 22.6 Å². The fourth-order valence-corrected chi connectivity index (χ4v) is 9.27. The summed E-state index contributed by atoms with van der Waals surface area (Å²) in [5.41, 5.74) is 3.41. The monoisotopic (exact) mass is 784 g/mol. The molecule has 1 amide bonds. The van der Waals surface area contributed by atoms with Crippen LogP contribution in [0.5, 0.6) is 0 Å². The summed E-state index contributed by atoms with van der Waals surface area (Å²) in [5.74, 6) is 1.65. The van der Waals surface area contributed by atoms with Gasteiger partial charge in [-0.2, -0.15) is 15.1 Å². The molecule has 7 aromatic rings. The van der Waals surface area contributed by atoms with Gasteiger partial charge >= 0.3 is 0 Å². The maximum absolute atomic E-state index is 15.4. The fourth-order valence-electron chi connectivity index (χ4n) is 9.27. The molecule has 6 bridgehead atoms. The highest BCUT2D eigenvalue weighted by atomic mass is 19.1. The number of rotatable bonds is 4. The largest absolute Gasteiger partial charge is 0.378 e. The number of nitrogens with zero attached hydrogens (tertiary/aromatic N) is 13. The predicted octanol–water partition coefficient (Wildman–Crippen LogP) is 4.29. The molecule has 4 aliphatic heterocycles. The van der Waals surface area contributed by atoms with E-state index in [1.807, 2.05) is 42.3 Å². The van der Waals surface area contributed by atoms with Crippen molar-refractivity contribution < 1.29 is 18.3 Å². The summed E-state index contributed by atoms with van der Waals surface area (Å²) < 4.78 is 41.2. The second-order valence-electron chi connectivity index (χ2n) is 15.5. The lowest BCUT2D eigenvalue weighted by Crippen LogP contribution is -2.57.